The Balaban J connectivity index is 1.83. The van der Waals surface area contributed by atoms with Crippen LogP contribution in [0.5, 0.6) is 0 Å². The second-order valence-corrected chi connectivity index (χ2v) is 8.24. The average molecular weight is 392 g/mol. The van der Waals surface area contributed by atoms with E-state index in [0.717, 1.165) is 18.4 Å². The summed E-state index contributed by atoms with van der Waals surface area (Å²) in [5, 5.41) is 24.6. The van der Waals surface area contributed by atoms with Crippen LogP contribution < -0.4 is 10.6 Å². The van der Waals surface area contributed by atoms with Crippen LogP contribution in [0.25, 0.3) is 0 Å². The van der Waals surface area contributed by atoms with Crippen LogP contribution in [0.1, 0.15) is 45.1 Å². The number of rotatable bonds is 10. The van der Waals surface area contributed by atoms with Gasteiger partial charge in [-0.25, -0.2) is 4.79 Å². The van der Waals surface area contributed by atoms with Crippen molar-refractivity contribution in [1.29, 1.82) is 0 Å². The van der Waals surface area contributed by atoms with Crippen molar-refractivity contribution in [2.75, 3.05) is 26.2 Å². The molecule has 0 saturated heterocycles. The summed E-state index contributed by atoms with van der Waals surface area (Å²) < 4.78 is 0. The van der Waals surface area contributed by atoms with Crippen molar-refractivity contribution < 1.29 is 19.8 Å². The van der Waals surface area contributed by atoms with Gasteiger partial charge in [0.15, 0.2) is 0 Å². The normalized spacial score (nSPS) is 20.3. The van der Waals surface area contributed by atoms with Gasteiger partial charge < -0.3 is 20.8 Å². The van der Waals surface area contributed by atoms with E-state index in [1.165, 1.54) is 0 Å². The Hall–Kier alpha value is -2.12. The van der Waals surface area contributed by atoms with E-state index in [4.69, 9.17) is 5.11 Å². The number of likely N-dealkylation sites (N-methyl/N-ethyl adjacent to an activating group) is 1. The molecule has 1 aliphatic rings. The molecular formula is C21H33N3O4. The van der Waals surface area contributed by atoms with Gasteiger partial charge >= 0.3 is 12.0 Å². The second-order valence-electron chi connectivity index (χ2n) is 8.24. The molecule has 0 radical (unpaired) electrons. The van der Waals surface area contributed by atoms with Gasteiger partial charge in [-0.05, 0) is 30.4 Å². The fourth-order valence-electron chi connectivity index (χ4n) is 3.75. The summed E-state index contributed by atoms with van der Waals surface area (Å²) >= 11 is 0. The van der Waals surface area contributed by atoms with Gasteiger partial charge in [0.2, 0.25) is 0 Å². The molecule has 7 nitrogen and oxygen atoms in total. The number of aliphatic hydroxyl groups excluding tert-OH is 1. The van der Waals surface area contributed by atoms with Crippen molar-refractivity contribution in [3.05, 3.63) is 35.9 Å². The smallest absolute Gasteiger partial charge is 0.317 e. The molecule has 7 heteroatoms. The molecule has 0 aliphatic heterocycles. The van der Waals surface area contributed by atoms with Gasteiger partial charge in [0.25, 0.3) is 0 Å². The van der Waals surface area contributed by atoms with E-state index in [2.05, 4.69) is 10.6 Å². The number of carboxylic acid groups (broad SMARTS) is 1. The molecule has 1 aliphatic carbocycles. The molecule has 1 unspecified atom stereocenters. The number of aliphatic carboxylic acids is 1. The summed E-state index contributed by atoms with van der Waals surface area (Å²) in [6.07, 6.45) is 1.53. The van der Waals surface area contributed by atoms with Crippen LogP contribution in [0, 0.1) is 5.41 Å². The molecule has 0 aromatic heterocycles. The van der Waals surface area contributed by atoms with Gasteiger partial charge in [0, 0.05) is 31.2 Å². The fourth-order valence-corrected chi connectivity index (χ4v) is 3.75. The highest BCUT2D eigenvalue weighted by atomic mass is 16.4. The van der Waals surface area contributed by atoms with Crippen LogP contribution >= 0.6 is 0 Å². The molecule has 0 heterocycles. The quantitative estimate of drug-likeness (QED) is 0.489. The molecule has 156 valence electrons. The van der Waals surface area contributed by atoms with E-state index >= 15 is 0 Å². The Morgan fingerprint density at radius 2 is 1.89 bits per heavy atom. The zero-order chi connectivity index (χ0) is 20.7. The van der Waals surface area contributed by atoms with Crippen molar-refractivity contribution in [2.24, 2.45) is 5.41 Å². The molecule has 4 N–H and O–H groups in total. The van der Waals surface area contributed by atoms with Crippen molar-refractivity contribution in [1.82, 2.24) is 15.5 Å². The van der Waals surface area contributed by atoms with Crippen molar-refractivity contribution >= 4 is 12.0 Å². The minimum atomic E-state index is -0.825. The molecule has 0 spiro atoms. The number of urea groups is 1. The van der Waals surface area contributed by atoms with Crippen LogP contribution in [0.3, 0.4) is 0 Å². The zero-order valence-electron chi connectivity index (χ0n) is 17.0. The van der Waals surface area contributed by atoms with E-state index in [9.17, 15) is 14.7 Å². The van der Waals surface area contributed by atoms with Crippen molar-refractivity contribution in [2.45, 2.75) is 51.6 Å². The van der Waals surface area contributed by atoms with Crippen LogP contribution in [-0.4, -0.2) is 65.4 Å². The molecule has 1 aromatic carbocycles. The molecule has 1 atom stereocenters. The third kappa shape index (κ3) is 5.94. The first-order valence-corrected chi connectivity index (χ1v) is 9.92. The predicted octanol–water partition coefficient (Wildman–Crippen LogP) is 2.03. The SMILES string of the molecule is CCN(CC(=O)O)C1CC(NC(=O)NCC(c2ccccc2)C(C)(C)CO)C1. The summed E-state index contributed by atoms with van der Waals surface area (Å²) in [7, 11) is 0. The van der Waals surface area contributed by atoms with Gasteiger partial charge in [-0.3, -0.25) is 9.69 Å². The van der Waals surface area contributed by atoms with Gasteiger partial charge in [-0.15, -0.1) is 0 Å². The number of amides is 2. The molecule has 28 heavy (non-hydrogen) atoms. The van der Waals surface area contributed by atoms with Gasteiger partial charge in [-0.1, -0.05) is 51.1 Å². The highest BCUT2D eigenvalue weighted by Gasteiger charge is 2.35. The summed E-state index contributed by atoms with van der Waals surface area (Å²) in [6, 6.07) is 9.94. The van der Waals surface area contributed by atoms with Crippen LogP contribution in [-0.2, 0) is 4.79 Å². The van der Waals surface area contributed by atoms with E-state index in [0.29, 0.717) is 13.1 Å². The van der Waals surface area contributed by atoms with Crippen LogP contribution in [0.15, 0.2) is 30.3 Å². The third-order valence-electron chi connectivity index (χ3n) is 5.73. The molecule has 1 fully saturated rings. The predicted molar refractivity (Wildman–Crippen MR) is 108 cm³/mol. The highest BCUT2D eigenvalue weighted by Crippen LogP contribution is 2.34. The summed E-state index contributed by atoms with van der Waals surface area (Å²) in [4.78, 5) is 25.2. The Labute approximate surface area is 167 Å². The molecular weight excluding hydrogens is 358 g/mol. The molecule has 2 rings (SSSR count). The lowest BCUT2D eigenvalue weighted by Crippen LogP contribution is -2.56. The first kappa shape index (κ1) is 22.2. The molecule has 2 amide bonds. The first-order chi connectivity index (χ1) is 13.3. The standard InChI is InChI=1S/C21H33N3O4/c1-4-24(13-19(26)27)17-10-16(11-17)23-20(28)22-12-18(21(2,3)14-25)15-8-6-5-7-9-15/h5-9,16-18,25H,4,10-14H2,1-3H3,(H,26,27)(H2,22,23,28). The average Bonchev–Trinajstić information content (AvgIpc) is 2.63. The molecule has 1 saturated carbocycles. The minimum absolute atomic E-state index is 0.00950. The number of nitrogens with zero attached hydrogens (tertiary/aromatic N) is 1. The minimum Gasteiger partial charge on any atom is -0.480 e. The molecule has 0 bridgehead atoms. The number of benzene rings is 1. The lowest BCUT2D eigenvalue weighted by molar-refractivity contribution is -0.139. The maximum absolute atomic E-state index is 12.3. The first-order valence-electron chi connectivity index (χ1n) is 9.92. The maximum Gasteiger partial charge on any atom is 0.317 e. The van der Waals surface area contributed by atoms with Crippen LogP contribution in [0.4, 0.5) is 4.79 Å². The number of nitrogens with one attached hydrogen (secondary N) is 2. The van der Waals surface area contributed by atoms with Crippen molar-refractivity contribution in [3.63, 3.8) is 0 Å². The Morgan fingerprint density at radius 1 is 1.25 bits per heavy atom. The van der Waals surface area contributed by atoms with Crippen LogP contribution in [0.2, 0.25) is 0 Å². The van der Waals surface area contributed by atoms with Gasteiger partial charge in [0.05, 0.1) is 6.54 Å². The molecule has 1 aromatic rings. The lowest BCUT2D eigenvalue weighted by Gasteiger charge is -2.42. The topological polar surface area (TPSA) is 102 Å². The number of hydrogen-bond donors (Lipinski definition) is 4. The van der Waals surface area contributed by atoms with Crippen molar-refractivity contribution in [3.8, 4) is 0 Å². The second kappa shape index (κ2) is 9.89. The number of carboxylic acids is 1. The van der Waals surface area contributed by atoms with Gasteiger partial charge in [-0.2, -0.15) is 0 Å². The lowest BCUT2D eigenvalue weighted by atomic mass is 9.75. The number of aliphatic hydroxyl groups is 1. The number of carbonyl (C=O) groups is 2. The summed E-state index contributed by atoms with van der Waals surface area (Å²) in [5.74, 6) is -0.834. The summed E-state index contributed by atoms with van der Waals surface area (Å²) in [5.41, 5.74) is 0.715. The maximum atomic E-state index is 12.3. The highest BCUT2D eigenvalue weighted by molar-refractivity contribution is 5.74. The monoisotopic (exact) mass is 391 g/mol. The van der Waals surface area contributed by atoms with E-state index in [-0.39, 0.29) is 42.6 Å². The Morgan fingerprint density at radius 3 is 2.43 bits per heavy atom. The number of carbonyl (C=O) groups excluding carboxylic acids is 1. The number of hydrogen-bond acceptors (Lipinski definition) is 4. The van der Waals surface area contributed by atoms with Gasteiger partial charge in [0.1, 0.15) is 0 Å². The Bertz CT molecular complexity index is 644. The van der Waals surface area contributed by atoms with E-state index < -0.39 is 5.97 Å². The zero-order valence-corrected chi connectivity index (χ0v) is 17.0. The fraction of sp³-hybridized carbons (Fsp3) is 0.619. The van der Waals surface area contributed by atoms with E-state index in [1.54, 1.807) is 0 Å². The third-order valence-corrected chi connectivity index (χ3v) is 5.73. The summed E-state index contributed by atoms with van der Waals surface area (Å²) in [6.45, 7) is 7.10. The Kier molecular flexibility index (Phi) is 7.83. The largest absolute Gasteiger partial charge is 0.480 e. The van der Waals surface area contributed by atoms with E-state index in [1.807, 2.05) is 56.0 Å².